The molecule has 88 valence electrons. The van der Waals surface area contributed by atoms with Crippen molar-refractivity contribution in [3.05, 3.63) is 12.0 Å². The smallest absolute Gasteiger partial charge is 0.161 e. The molecule has 0 N–H and O–H groups in total. The number of hydrogen-bond donors (Lipinski definition) is 0. The zero-order chi connectivity index (χ0) is 11.3. The summed E-state index contributed by atoms with van der Waals surface area (Å²) in [4.78, 5) is 0. The molecule has 1 heterocycles. The van der Waals surface area contributed by atoms with E-state index in [1.165, 1.54) is 0 Å². The highest BCUT2D eigenvalue weighted by molar-refractivity contribution is 5.06. The summed E-state index contributed by atoms with van der Waals surface area (Å²) in [6.07, 6.45) is 0.889. The van der Waals surface area contributed by atoms with Crippen LogP contribution in [0.3, 0.4) is 0 Å². The van der Waals surface area contributed by atoms with Gasteiger partial charge in [-0.05, 0) is 0 Å². The van der Waals surface area contributed by atoms with Crippen LogP contribution in [-0.2, 0) is 23.7 Å². The Bertz CT molecular complexity index is 216. The fourth-order valence-electron chi connectivity index (χ4n) is 1.64. The first-order valence-corrected chi connectivity index (χ1v) is 4.72. The van der Waals surface area contributed by atoms with Crippen molar-refractivity contribution in [3.63, 3.8) is 0 Å². The number of ether oxygens (including phenoxy) is 5. The van der Waals surface area contributed by atoms with Crippen LogP contribution < -0.4 is 0 Å². The molecule has 0 aromatic rings. The topological polar surface area (TPSA) is 46.2 Å². The van der Waals surface area contributed by atoms with E-state index in [4.69, 9.17) is 23.7 Å². The molecule has 1 aliphatic rings. The Morgan fingerprint density at radius 1 is 1.20 bits per heavy atom. The maximum absolute atomic E-state index is 5.44. The largest absolute Gasteiger partial charge is 0.495 e. The standard InChI is InChI=1S/C10H18O5/c1-11-5-8-10(14-4)9(13-3)7(12-2)6-15-8/h6,8-10H,5H2,1-4H3. The van der Waals surface area contributed by atoms with Crippen LogP contribution in [0, 0.1) is 0 Å². The maximum Gasteiger partial charge on any atom is 0.161 e. The lowest BCUT2D eigenvalue weighted by molar-refractivity contribution is -0.133. The van der Waals surface area contributed by atoms with Gasteiger partial charge in [0.2, 0.25) is 0 Å². The lowest BCUT2D eigenvalue weighted by Crippen LogP contribution is -2.47. The molecular weight excluding hydrogens is 200 g/mol. The van der Waals surface area contributed by atoms with E-state index in [0.29, 0.717) is 12.4 Å². The van der Waals surface area contributed by atoms with Gasteiger partial charge in [0.15, 0.2) is 11.9 Å². The van der Waals surface area contributed by atoms with E-state index in [0.717, 1.165) is 0 Å². The van der Waals surface area contributed by atoms with Gasteiger partial charge in [-0.1, -0.05) is 0 Å². The van der Waals surface area contributed by atoms with Gasteiger partial charge in [0.1, 0.15) is 18.5 Å². The predicted octanol–water partition coefficient (Wildman–Crippen LogP) is 0.549. The highest BCUT2D eigenvalue weighted by Gasteiger charge is 2.38. The summed E-state index contributed by atoms with van der Waals surface area (Å²) >= 11 is 0. The quantitative estimate of drug-likeness (QED) is 0.674. The molecule has 0 saturated heterocycles. The molecule has 1 rings (SSSR count). The summed E-state index contributed by atoms with van der Waals surface area (Å²) < 4.78 is 26.3. The van der Waals surface area contributed by atoms with Crippen LogP contribution in [0.1, 0.15) is 0 Å². The normalized spacial score (nSPS) is 30.7. The van der Waals surface area contributed by atoms with Crippen molar-refractivity contribution in [2.45, 2.75) is 18.3 Å². The fourth-order valence-corrected chi connectivity index (χ4v) is 1.64. The minimum atomic E-state index is -0.256. The molecule has 0 fully saturated rings. The van der Waals surface area contributed by atoms with Gasteiger partial charge in [-0.2, -0.15) is 0 Å². The summed E-state index contributed by atoms with van der Waals surface area (Å²) in [6.45, 7) is 0.450. The summed E-state index contributed by atoms with van der Waals surface area (Å²) in [5.41, 5.74) is 0. The van der Waals surface area contributed by atoms with Gasteiger partial charge in [-0.25, -0.2) is 0 Å². The minimum Gasteiger partial charge on any atom is -0.495 e. The Morgan fingerprint density at radius 2 is 1.93 bits per heavy atom. The lowest BCUT2D eigenvalue weighted by Gasteiger charge is -2.35. The molecule has 3 unspecified atom stereocenters. The first-order valence-electron chi connectivity index (χ1n) is 4.72. The van der Waals surface area contributed by atoms with Crippen LogP contribution >= 0.6 is 0 Å². The molecule has 15 heavy (non-hydrogen) atoms. The average molecular weight is 218 g/mol. The molecule has 5 nitrogen and oxygen atoms in total. The van der Waals surface area contributed by atoms with E-state index in [9.17, 15) is 0 Å². The van der Waals surface area contributed by atoms with Crippen molar-refractivity contribution < 1.29 is 23.7 Å². The average Bonchev–Trinajstić information content (AvgIpc) is 2.28. The molecular formula is C10H18O5. The Balaban J connectivity index is 2.77. The first-order chi connectivity index (χ1) is 7.28. The van der Waals surface area contributed by atoms with Crippen molar-refractivity contribution in [1.29, 1.82) is 0 Å². The summed E-state index contributed by atoms with van der Waals surface area (Å²) in [7, 11) is 6.41. The fraction of sp³-hybridized carbons (Fsp3) is 0.800. The molecule has 0 aromatic heterocycles. The molecule has 1 aliphatic heterocycles. The van der Waals surface area contributed by atoms with Crippen LogP contribution in [0.25, 0.3) is 0 Å². The Kier molecular flexibility index (Phi) is 4.87. The Hall–Kier alpha value is -0.780. The second kappa shape index (κ2) is 5.95. The number of methoxy groups -OCH3 is 4. The van der Waals surface area contributed by atoms with Crippen LogP contribution in [0.5, 0.6) is 0 Å². The highest BCUT2D eigenvalue weighted by Crippen LogP contribution is 2.24. The molecule has 0 aliphatic carbocycles. The van der Waals surface area contributed by atoms with Crippen molar-refractivity contribution in [2.75, 3.05) is 35.0 Å². The lowest BCUT2D eigenvalue weighted by atomic mass is 10.0. The van der Waals surface area contributed by atoms with Gasteiger partial charge in [0.05, 0.1) is 13.7 Å². The van der Waals surface area contributed by atoms with Crippen LogP contribution in [0.15, 0.2) is 12.0 Å². The van der Waals surface area contributed by atoms with Crippen LogP contribution in [0.4, 0.5) is 0 Å². The van der Waals surface area contributed by atoms with Gasteiger partial charge in [-0.15, -0.1) is 0 Å². The number of rotatable bonds is 5. The second-order valence-corrected chi connectivity index (χ2v) is 3.21. The van der Waals surface area contributed by atoms with E-state index in [-0.39, 0.29) is 18.3 Å². The van der Waals surface area contributed by atoms with Gasteiger partial charge in [0, 0.05) is 21.3 Å². The van der Waals surface area contributed by atoms with Crippen molar-refractivity contribution in [2.24, 2.45) is 0 Å². The van der Waals surface area contributed by atoms with Crippen molar-refractivity contribution in [3.8, 4) is 0 Å². The zero-order valence-corrected chi connectivity index (χ0v) is 9.56. The van der Waals surface area contributed by atoms with E-state index < -0.39 is 0 Å². The molecule has 0 saturated carbocycles. The van der Waals surface area contributed by atoms with E-state index in [1.54, 1.807) is 34.7 Å². The molecule has 5 heteroatoms. The van der Waals surface area contributed by atoms with E-state index >= 15 is 0 Å². The van der Waals surface area contributed by atoms with Gasteiger partial charge in [-0.3, -0.25) is 0 Å². The van der Waals surface area contributed by atoms with Crippen molar-refractivity contribution >= 4 is 0 Å². The van der Waals surface area contributed by atoms with E-state index in [1.807, 2.05) is 0 Å². The highest BCUT2D eigenvalue weighted by atomic mass is 16.6. The minimum absolute atomic E-state index is 0.177. The molecule has 0 spiro atoms. The summed E-state index contributed by atoms with van der Waals surface area (Å²) in [6, 6.07) is 0. The summed E-state index contributed by atoms with van der Waals surface area (Å²) in [5.74, 6) is 0.622. The van der Waals surface area contributed by atoms with Gasteiger partial charge < -0.3 is 23.7 Å². The third-order valence-corrected chi connectivity index (χ3v) is 2.40. The molecule has 3 atom stereocenters. The molecule has 0 amide bonds. The maximum atomic E-state index is 5.44. The molecule has 0 radical (unpaired) electrons. The van der Waals surface area contributed by atoms with Crippen molar-refractivity contribution in [1.82, 2.24) is 0 Å². The Labute approximate surface area is 89.9 Å². The Morgan fingerprint density at radius 3 is 2.40 bits per heavy atom. The molecule has 0 bridgehead atoms. The third-order valence-electron chi connectivity index (χ3n) is 2.40. The number of hydrogen-bond acceptors (Lipinski definition) is 5. The molecule has 0 aromatic carbocycles. The van der Waals surface area contributed by atoms with Gasteiger partial charge >= 0.3 is 0 Å². The van der Waals surface area contributed by atoms with Gasteiger partial charge in [0.25, 0.3) is 0 Å². The predicted molar refractivity (Wildman–Crippen MR) is 53.4 cm³/mol. The van der Waals surface area contributed by atoms with E-state index in [2.05, 4.69) is 0 Å². The second-order valence-electron chi connectivity index (χ2n) is 3.21. The summed E-state index contributed by atoms with van der Waals surface area (Å²) in [5, 5.41) is 0. The first kappa shape index (κ1) is 12.3. The van der Waals surface area contributed by atoms with Crippen LogP contribution in [0.2, 0.25) is 0 Å². The monoisotopic (exact) mass is 218 g/mol. The van der Waals surface area contributed by atoms with Crippen LogP contribution in [-0.4, -0.2) is 53.4 Å². The third kappa shape index (κ3) is 2.62. The zero-order valence-electron chi connectivity index (χ0n) is 9.56. The SMILES string of the molecule is COCC1OC=C(OC)C(OC)C1OC.